The van der Waals surface area contributed by atoms with Crippen LogP contribution in [0.5, 0.6) is 0 Å². The minimum Gasteiger partial charge on any atom is -0.463 e. The molecule has 0 unspecified atom stereocenters. The Hall–Kier alpha value is -0.170. The smallest absolute Gasteiger partial charge is 0.302 e. The first kappa shape index (κ1) is 25.1. The molecule has 0 radical (unpaired) electrons. The highest BCUT2D eigenvalue weighted by molar-refractivity contribution is 9.10. The van der Waals surface area contributed by atoms with Gasteiger partial charge in [0.1, 0.15) is 6.10 Å². The molecule has 2 aliphatic heterocycles. The summed E-state index contributed by atoms with van der Waals surface area (Å²) in [6.07, 6.45) is 8.98. The van der Waals surface area contributed by atoms with Gasteiger partial charge in [0.25, 0.3) is 0 Å². The van der Waals surface area contributed by atoms with Crippen molar-refractivity contribution < 1.29 is 24.1 Å². The second-order valence-corrected chi connectivity index (χ2v) is 15.3. The molecule has 4 aliphatic carbocycles. The number of aliphatic hydroxyl groups excluding tert-OH is 1. The Morgan fingerprint density at radius 3 is 2.51 bits per heavy atom. The van der Waals surface area contributed by atoms with Crippen LogP contribution < -0.4 is 0 Å². The fourth-order valence-corrected chi connectivity index (χ4v) is 11.6. The molecule has 6 rings (SSSR count). The summed E-state index contributed by atoms with van der Waals surface area (Å²) in [4.78, 5) is 11.7. The predicted octanol–water partition coefficient (Wildman–Crippen LogP) is 5.85. The van der Waals surface area contributed by atoms with Crippen LogP contribution in [0.4, 0.5) is 0 Å². The third-order valence-corrected chi connectivity index (χ3v) is 14.1. The van der Waals surface area contributed by atoms with Gasteiger partial charge in [0, 0.05) is 25.7 Å². The highest BCUT2D eigenvalue weighted by Gasteiger charge is 2.71. The van der Waals surface area contributed by atoms with Gasteiger partial charge in [-0.25, -0.2) is 0 Å². The van der Waals surface area contributed by atoms with Crippen molar-refractivity contribution in [2.45, 2.75) is 121 Å². The lowest BCUT2D eigenvalue weighted by atomic mass is 9.43. The van der Waals surface area contributed by atoms with Crippen molar-refractivity contribution in [1.82, 2.24) is 0 Å². The van der Waals surface area contributed by atoms with Crippen molar-refractivity contribution in [1.29, 1.82) is 0 Å². The topological polar surface area (TPSA) is 65.0 Å². The van der Waals surface area contributed by atoms with Gasteiger partial charge in [-0.2, -0.15) is 0 Å². The van der Waals surface area contributed by atoms with Gasteiger partial charge >= 0.3 is 5.97 Å². The van der Waals surface area contributed by atoms with Crippen molar-refractivity contribution in [3.63, 3.8) is 0 Å². The minimum atomic E-state index is -0.428. The first-order valence-electron chi connectivity index (χ1n) is 14.3. The second kappa shape index (κ2) is 8.16. The van der Waals surface area contributed by atoms with E-state index < -0.39 is 6.10 Å². The molecule has 6 heteroatoms. The fourth-order valence-electron chi connectivity index (χ4n) is 10.5. The molecular weight excluding hydrogens is 508 g/mol. The van der Waals surface area contributed by atoms with E-state index in [1.54, 1.807) is 0 Å². The largest absolute Gasteiger partial charge is 0.463 e. The zero-order chi connectivity index (χ0) is 25.0. The van der Waals surface area contributed by atoms with E-state index in [1.807, 2.05) is 0 Å². The molecule has 0 bridgehead atoms. The van der Waals surface area contributed by atoms with E-state index in [9.17, 15) is 9.90 Å². The van der Waals surface area contributed by atoms with Gasteiger partial charge in [-0.05, 0) is 85.4 Å². The van der Waals surface area contributed by atoms with Crippen LogP contribution in [0.15, 0.2) is 0 Å². The second-order valence-electron chi connectivity index (χ2n) is 13.9. The van der Waals surface area contributed by atoms with Crippen molar-refractivity contribution in [3.05, 3.63) is 0 Å². The highest BCUT2D eigenvalue weighted by Crippen LogP contribution is 2.73. The molecule has 2 saturated heterocycles. The Kier molecular flexibility index (Phi) is 5.86. The summed E-state index contributed by atoms with van der Waals surface area (Å²) in [5.74, 6) is 2.70. The van der Waals surface area contributed by atoms with E-state index in [2.05, 4.69) is 43.6 Å². The van der Waals surface area contributed by atoms with Gasteiger partial charge in [-0.15, -0.1) is 0 Å². The summed E-state index contributed by atoms with van der Waals surface area (Å²) in [5.41, 5.74) is 0.250. The number of halogens is 1. The first-order chi connectivity index (χ1) is 16.4. The molecule has 0 aromatic rings. The Labute approximate surface area is 219 Å². The minimum absolute atomic E-state index is 0.00132. The molecule has 6 fully saturated rings. The standard InChI is InChI=1S/C29H45BrO5/c1-16-6-11-29(33-15-16)17(2)25-23(35-29)13-22-20-12-24(32)28(30)14-19(34-18(3)31)7-10-27(28,5)21(20)8-9-26(22,25)4/h16-17,19-25,32H,6-15H2,1-5H3/t16-,17+,19+,20-,21+,22+,23+,24-,25+,26+,27-,28+,29-/m1/s1. The third kappa shape index (κ3) is 3.37. The van der Waals surface area contributed by atoms with Crippen LogP contribution in [0.1, 0.15) is 92.4 Å². The van der Waals surface area contributed by atoms with Crippen molar-refractivity contribution in [2.75, 3.05) is 6.61 Å². The monoisotopic (exact) mass is 552 g/mol. The van der Waals surface area contributed by atoms with Crippen LogP contribution in [0.25, 0.3) is 0 Å². The van der Waals surface area contributed by atoms with Crippen molar-refractivity contribution in [3.8, 4) is 0 Å². The van der Waals surface area contributed by atoms with Crippen molar-refractivity contribution >= 4 is 21.9 Å². The van der Waals surface area contributed by atoms with E-state index >= 15 is 0 Å². The Balaban J connectivity index is 1.26. The molecule has 5 nitrogen and oxygen atoms in total. The van der Waals surface area contributed by atoms with Gasteiger partial charge in [-0.3, -0.25) is 4.79 Å². The number of ether oxygens (including phenoxy) is 3. The third-order valence-electron chi connectivity index (χ3n) is 12.3. The lowest BCUT2D eigenvalue weighted by molar-refractivity contribution is -0.273. The number of aliphatic hydroxyl groups is 1. The van der Waals surface area contributed by atoms with Crippen molar-refractivity contribution in [2.24, 2.45) is 46.3 Å². The molecule has 35 heavy (non-hydrogen) atoms. The normalized spacial score (nSPS) is 59.3. The summed E-state index contributed by atoms with van der Waals surface area (Å²) in [6, 6.07) is 0. The molecule has 13 atom stereocenters. The van der Waals surface area contributed by atoms with Crippen LogP contribution in [0.3, 0.4) is 0 Å². The Morgan fingerprint density at radius 2 is 1.83 bits per heavy atom. The number of esters is 1. The van der Waals surface area contributed by atoms with Gasteiger partial charge in [0.05, 0.1) is 23.1 Å². The molecule has 4 saturated carbocycles. The molecular formula is C29H45BrO5. The number of hydrogen-bond donors (Lipinski definition) is 1. The molecule has 1 spiro atoms. The van der Waals surface area contributed by atoms with Crippen LogP contribution >= 0.6 is 15.9 Å². The molecule has 198 valence electrons. The lowest BCUT2D eigenvalue weighted by Crippen LogP contribution is -2.66. The molecule has 0 amide bonds. The molecule has 1 N–H and O–H groups in total. The summed E-state index contributed by atoms with van der Waals surface area (Å²) >= 11 is 4.10. The Morgan fingerprint density at radius 1 is 1.06 bits per heavy atom. The fraction of sp³-hybridized carbons (Fsp3) is 0.966. The van der Waals surface area contributed by atoms with Gasteiger partial charge < -0.3 is 19.3 Å². The quantitative estimate of drug-likeness (QED) is 0.326. The van der Waals surface area contributed by atoms with Crippen LogP contribution in [-0.4, -0.2) is 46.1 Å². The zero-order valence-electron chi connectivity index (χ0n) is 22.2. The summed E-state index contributed by atoms with van der Waals surface area (Å²) in [6.45, 7) is 12.0. The number of carbonyl (C=O) groups is 1. The van der Waals surface area contributed by atoms with Gasteiger partial charge in [0.2, 0.25) is 0 Å². The molecule has 6 aliphatic rings. The lowest BCUT2D eigenvalue weighted by Gasteiger charge is -2.65. The highest BCUT2D eigenvalue weighted by atomic mass is 79.9. The number of fused-ring (bicyclic) bond motifs is 7. The maximum absolute atomic E-state index is 11.7. The van der Waals surface area contributed by atoms with E-state index in [0.29, 0.717) is 41.9 Å². The predicted molar refractivity (Wildman–Crippen MR) is 137 cm³/mol. The average Bonchev–Trinajstić information content (AvgIpc) is 3.23. The molecule has 0 aromatic heterocycles. The number of rotatable bonds is 1. The van der Waals surface area contributed by atoms with Crippen LogP contribution in [0.2, 0.25) is 0 Å². The number of hydrogen-bond acceptors (Lipinski definition) is 5. The maximum atomic E-state index is 11.7. The Bertz CT molecular complexity index is 871. The summed E-state index contributed by atoms with van der Waals surface area (Å²) in [7, 11) is 0. The van der Waals surface area contributed by atoms with E-state index in [4.69, 9.17) is 14.2 Å². The van der Waals surface area contributed by atoms with Crippen LogP contribution in [-0.2, 0) is 19.0 Å². The van der Waals surface area contributed by atoms with Crippen LogP contribution in [0, 0.1) is 46.3 Å². The molecule has 0 aromatic carbocycles. The number of alkyl halides is 1. The first-order valence-corrected chi connectivity index (χ1v) is 15.1. The van der Waals surface area contributed by atoms with E-state index in [1.165, 1.54) is 26.2 Å². The number of carbonyl (C=O) groups excluding carboxylic acids is 1. The SMILES string of the molecule is CC(=O)O[C@H]1CC[C@]2(C)[C@H]3CC[C@]4(C)[C@@H]5[C@H](C[C@H]4[C@@H]3C[C@@H](O)[C@@]2(Br)C1)O[C@]1(CC[C@@H](C)CO1)[C@H]5C. The summed E-state index contributed by atoms with van der Waals surface area (Å²) in [5, 5.41) is 11.7. The maximum Gasteiger partial charge on any atom is 0.302 e. The summed E-state index contributed by atoms with van der Waals surface area (Å²) < 4.78 is 18.6. The zero-order valence-corrected chi connectivity index (χ0v) is 23.8. The average molecular weight is 554 g/mol. The van der Waals surface area contributed by atoms with E-state index in [0.717, 1.165) is 38.7 Å². The van der Waals surface area contributed by atoms with E-state index in [-0.39, 0.29) is 39.1 Å². The molecule has 2 heterocycles. The van der Waals surface area contributed by atoms with Gasteiger partial charge in [-0.1, -0.05) is 43.6 Å². The van der Waals surface area contributed by atoms with Gasteiger partial charge in [0.15, 0.2) is 5.79 Å².